The van der Waals surface area contributed by atoms with Gasteiger partial charge in [-0.05, 0) is 37.3 Å². The topological polar surface area (TPSA) is 40.5 Å². The molecule has 1 N–H and O–H groups in total. The molecule has 0 aliphatic carbocycles. The van der Waals surface area contributed by atoms with Crippen LogP contribution >= 0.6 is 11.8 Å². The maximum absolute atomic E-state index is 11.1. The average molecular weight is 251 g/mol. The van der Waals surface area contributed by atoms with Gasteiger partial charge in [-0.25, -0.2) is 0 Å². The lowest BCUT2D eigenvalue weighted by Crippen LogP contribution is -2.35. The summed E-state index contributed by atoms with van der Waals surface area (Å²) in [5.74, 6) is -0.691. The number of aliphatic carboxylic acids is 1. The Bertz CT molecular complexity index is 408. The van der Waals surface area contributed by atoms with Crippen LogP contribution in [-0.4, -0.2) is 34.8 Å². The highest BCUT2D eigenvalue weighted by molar-refractivity contribution is 7.98. The number of rotatable bonds is 4. The van der Waals surface area contributed by atoms with Crippen molar-refractivity contribution >= 4 is 17.7 Å². The van der Waals surface area contributed by atoms with E-state index >= 15 is 0 Å². The molecule has 1 aromatic rings. The first-order valence-corrected chi connectivity index (χ1v) is 7.03. The zero-order valence-electron chi connectivity index (χ0n) is 9.93. The molecule has 0 aromatic heterocycles. The van der Waals surface area contributed by atoms with Crippen LogP contribution in [0.5, 0.6) is 0 Å². The van der Waals surface area contributed by atoms with Crippen molar-refractivity contribution in [1.82, 2.24) is 4.90 Å². The molecule has 0 spiro atoms. The number of thioether (sulfide) groups is 1. The van der Waals surface area contributed by atoms with Gasteiger partial charge in [0.15, 0.2) is 0 Å². The largest absolute Gasteiger partial charge is 0.480 e. The predicted molar refractivity (Wildman–Crippen MR) is 69.3 cm³/mol. The molecule has 0 saturated carbocycles. The fourth-order valence-corrected chi connectivity index (χ4v) is 2.96. The SMILES string of the molecule is CSc1ccccc1CN1CCC[C@H]1C(=O)O. The fraction of sp³-hybridized carbons (Fsp3) is 0.462. The maximum atomic E-state index is 11.1. The van der Waals surface area contributed by atoms with E-state index in [9.17, 15) is 4.79 Å². The molecule has 4 heteroatoms. The third kappa shape index (κ3) is 2.82. The van der Waals surface area contributed by atoms with Gasteiger partial charge in [0, 0.05) is 11.4 Å². The first-order valence-electron chi connectivity index (χ1n) is 5.81. The van der Waals surface area contributed by atoms with E-state index in [-0.39, 0.29) is 6.04 Å². The van der Waals surface area contributed by atoms with Gasteiger partial charge in [-0.3, -0.25) is 9.69 Å². The summed E-state index contributed by atoms with van der Waals surface area (Å²) >= 11 is 1.71. The molecule has 0 amide bonds. The van der Waals surface area contributed by atoms with Crippen LogP contribution in [0.3, 0.4) is 0 Å². The van der Waals surface area contributed by atoms with Crippen molar-refractivity contribution in [3.63, 3.8) is 0 Å². The van der Waals surface area contributed by atoms with Crippen molar-refractivity contribution in [2.45, 2.75) is 30.3 Å². The lowest BCUT2D eigenvalue weighted by molar-refractivity contribution is -0.142. The average Bonchev–Trinajstić information content (AvgIpc) is 2.78. The third-order valence-electron chi connectivity index (χ3n) is 3.21. The van der Waals surface area contributed by atoms with Gasteiger partial charge in [0.25, 0.3) is 0 Å². The van der Waals surface area contributed by atoms with Crippen molar-refractivity contribution in [2.75, 3.05) is 12.8 Å². The van der Waals surface area contributed by atoms with Crippen molar-refractivity contribution in [3.05, 3.63) is 29.8 Å². The van der Waals surface area contributed by atoms with Crippen LogP contribution in [0.2, 0.25) is 0 Å². The molecule has 17 heavy (non-hydrogen) atoms. The highest BCUT2D eigenvalue weighted by Gasteiger charge is 2.30. The highest BCUT2D eigenvalue weighted by atomic mass is 32.2. The van der Waals surface area contributed by atoms with Crippen LogP contribution in [0.1, 0.15) is 18.4 Å². The van der Waals surface area contributed by atoms with Crippen LogP contribution in [0, 0.1) is 0 Å². The van der Waals surface area contributed by atoms with Crippen LogP contribution in [0.4, 0.5) is 0 Å². The molecule has 1 fully saturated rings. The summed E-state index contributed by atoms with van der Waals surface area (Å²) < 4.78 is 0. The van der Waals surface area contributed by atoms with Crippen LogP contribution in [-0.2, 0) is 11.3 Å². The highest BCUT2D eigenvalue weighted by Crippen LogP contribution is 2.25. The number of carboxylic acid groups (broad SMARTS) is 1. The Hall–Kier alpha value is -1.00. The molecule has 1 atom stereocenters. The summed E-state index contributed by atoms with van der Waals surface area (Å²) in [4.78, 5) is 14.4. The van der Waals surface area contributed by atoms with Gasteiger partial charge in [0.05, 0.1) is 0 Å². The van der Waals surface area contributed by atoms with E-state index in [0.717, 1.165) is 25.9 Å². The lowest BCUT2D eigenvalue weighted by Gasteiger charge is -2.22. The molecule has 0 radical (unpaired) electrons. The quantitative estimate of drug-likeness (QED) is 0.835. The summed E-state index contributed by atoms with van der Waals surface area (Å²) in [5.41, 5.74) is 1.23. The zero-order chi connectivity index (χ0) is 12.3. The van der Waals surface area contributed by atoms with E-state index < -0.39 is 5.97 Å². The minimum Gasteiger partial charge on any atom is -0.480 e. The summed E-state index contributed by atoms with van der Waals surface area (Å²) in [6.45, 7) is 1.63. The van der Waals surface area contributed by atoms with Gasteiger partial charge in [0.1, 0.15) is 6.04 Å². The molecule has 1 aromatic carbocycles. The molecule has 92 valence electrons. The number of carbonyl (C=O) groups is 1. The second-order valence-electron chi connectivity index (χ2n) is 4.28. The Labute approximate surface area is 106 Å². The molecule has 1 heterocycles. The maximum Gasteiger partial charge on any atom is 0.320 e. The molecular formula is C13H17NO2S. The number of nitrogens with zero attached hydrogens (tertiary/aromatic N) is 1. The van der Waals surface area contributed by atoms with Gasteiger partial charge in [-0.15, -0.1) is 11.8 Å². The summed E-state index contributed by atoms with van der Waals surface area (Å²) in [6, 6.07) is 7.91. The Morgan fingerprint density at radius 1 is 1.53 bits per heavy atom. The Morgan fingerprint density at radius 3 is 3.00 bits per heavy atom. The number of benzene rings is 1. The van der Waals surface area contributed by atoms with Gasteiger partial charge in [0.2, 0.25) is 0 Å². The molecular weight excluding hydrogens is 234 g/mol. The lowest BCUT2D eigenvalue weighted by atomic mass is 10.2. The number of carboxylic acids is 1. The van der Waals surface area contributed by atoms with Crippen molar-refractivity contribution in [2.24, 2.45) is 0 Å². The summed E-state index contributed by atoms with van der Waals surface area (Å²) in [5, 5.41) is 9.14. The Balaban J connectivity index is 2.12. The predicted octanol–water partition coefficient (Wildman–Crippen LogP) is 2.46. The van der Waals surface area contributed by atoms with Crippen molar-refractivity contribution in [3.8, 4) is 0 Å². The Kier molecular flexibility index (Phi) is 4.07. The summed E-state index contributed by atoms with van der Waals surface area (Å²) in [6.07, 6.45) is 3.81. The minimum atomic E-state index is -0.691. The molecule has 1 aliphatic rings. The minimum absolute atomic E-state index is 0.301. The Morgan fingerprint density at radius 2 is 2.29 bits per heavy atom. The zero-order valence-corrected chi connectivity index (χ0v) is 10.7. The van der Waals surface area contributed by atoms with E-state index in [4.69, 9.17) is 5.11 Å². The van der Waals surface area contributed by atoms with E-state index in [1.165, 1.54) is 10.5 Å². The third-order valence-corrected chi connectivity index (χ3v) is 4.05. The molecule has 1 saturated heterocycles. The van der Waals surface area contributed by atoms with Gasteiger partial charge >= 0.3 is 5.97 Å². The molecule has 0 bridgehead atoms. The fourth-order valence-electron chi connectivity index (χ4n) is 2.35. The van der Waals surface area contributed by atoms with Crippen LogP contribution in [0.15, 0.2) is 29.2 Å². The molecule has 1 aliphatic heterocycles. The van der Waals surface area contributed by atoms with Crippen LogP contribution < -0.4 is 0 Å². The van der Waals surface area contributed by atoms with Crippen molar-refractivity contribution in [1.29, 1.82) is 0 Å². The first-order chi connectivity index (χ1) is 8.22. The first kappa shape index (κ1) is 12.5. The van der Waals surface area contributed by atoms with E-state index in [1.807, 2.05) is 12.1 Å². The normalized spacial score (nSPS) is 20.6. The molecule has 3 nitrogen and oxygen atoms in total. The summed E-state index contributed by atoms with van der Waals surface area (Å²) in [7, 11) is 0. The van der Waals surface area contributed by atoms with E-state index in [2.05, 4.69) is 23.3 Å². The van der Waals surface area contributed by atoms with Gasteiger partial charge in [-0.1, -0.05) is 18.2 Å². The van der Waals surface area contributed by atoms with Crippen LogP contribution in [0.25, 0.3) is 0 Å². The van der Waals surface area contributed by atoms with Gasteiger partial charge < -0.3 is 5.11 Å². The standard InChI is InChI=1S/C13H17NO2S/c1-17-12-7-3-2-5-10(12)9-14-8-4-6-11(14)13(15)16/h2-3,5,7,11H,4,6,8-9H2,1H3,(H,15,16)/t11-/m0/s1. The van der Waals surface area contributed by atoms with Gasteiger partial charge in [-0.2, -0.15) is 0 Å². The number of hydrogen-bond donors (Lipinski definition) is 1. The monoisotopic (exact) mass is 251 g/mol. The molecule has 2 rings (SSSR count). The number of hydrogen-bond acceptors (Lipinski definition) is 3. The van der Waals surface area contributed by atoms with E-state index in [1.54, 1.807) is 11.8 Å². The second-order valence-corrected chi connectivity index (χ2v) is 5.13. The second kappa shape index (κ2) is 5.56. The van der Waals surface area contributed by atoms with E-state index in [0.29, 0.717) is 0 Å². The smallest absolute Gasteiger partial charge is 0.320 e. The van der Waals surface area contributed by atoms with Crippen molar-refractivity contribution < 1.29 is 9.90 Å². The number of likely N-dealkylation sites (tertiary alicyclic amines) is 1. The molecule has 0 unspecified atom stereocenters.